The van der Waals surface area contributed by atoms with Crippen LogP contribution in [0, 0.1) is 0 Å². The van der Waals surface area contributed by atoms with Crippen molar-refractivity contribution in [3.63, 3.8) is 0 Å². The van der Waals surface area contributed by atoms with Crippen LogP contribution in [0.1, 0.15) is 18.4 Å². The van der Waals surface area contributed by atoms with Crippen molar-refractivity contribution in [1.29, 1.82) is 0 Å². The Kier molecular flexibility index (Phi) is 3.34. The number of H-pyrrole nitrogens is 1. The third kappa shape index (κ3) is 2.48. The number of pyridine rings is 1. The van der Waals surface area contributed by atoms with Crippen LogP contribution in [0.5, 0.6) is 0 Å². The summed E-state index contributed by atoms with van der Waals surface area (Å²) in [5, 5.41) is 4.89. The van der Waals surface area contributed by atoms with E-state index >= 15 is 0 Å². The molecule has 3 nitrogen and oxygen atoms in total. The summed E-state index contributed by atoms with van der Waals surface area (Å²) in [5.41, 5.74) is 2.31. The minimum atomic E-state index is 0.676. The number of fused-ring (bicyclic) bond motifs is 1. The van der Waals surface area contributed by atoms with E-state index in [0.29, 0.717) is 6.04 Å². The van der Waals surface area contributed by atoms with Gasteiger partial charge >= 0.3 is 0 Å². The van der Waals surface area contributed by atoms with E-state index in [-0.39, 0.29) is 0 Å². The largest absolute Gasteiger partial charge is 0.346 e. The Labute approximate surface area is 105 Å². The number of hydrogen-bond acceptors (Lipinski definition) is 3. The molecule has 1 atom stereocenters. The van der Waals surface area contributed by atoms with Gasteiger partial charge in [0.1, 0.15) is 5.65 Å². The van der Waals surface area contributed by atoms with Crippen LogP contribution < -0.4 is 5.32 Å². The zero-order valence-electron chi connectivity index (χ0n) is 9.78. The number of rotatable bonds is 3. The molecule has 1 unspecified atom stereocenters. The van der Waals surface area contributed by atoms with E-state index in [9.17, 15) is 0 Å². The van der Waals surface area contributed by atoms with E-state index in [1.54, 1.807) is 0 Å². The van der Waals surface area contributed by atoms with E-state index in [1.165, 1.54) is 35.3 Å². The Balaban J connectivity index is 1.68. The van der Waals surface area contributed by atoms with Gasteiger partial charge in [0.25, 0.3) is 0 Å². The van der Waals surface area contributed by atoms with Crippen molar-refractivity contribution in [3.8, 4) is 0 Å². The molecule has 1 fully saturated rings. The number of nitrogens with one attached hydrogen (secondary N) is 2. The summed E-state index contributed by atoms with van der Waals surface area (Å²) >= 11 is 2.06. The van der Waals surface area contributed by atoms with E-state index in [0.717, 1.165) is 12.2 Å². The van der Waals surface area contributed by atoms with Crippen LogP contribution in [0.15, 0.2) is 24.5 Å². The molecular weight excluding hydrogens is 230 g/mol. The highest BCUT2D eigenvalue weighted by Crippen LogP contribution is 2.19. The summed E-state index contributed by atoms with van der Waals surface area (Å²) in [6, 6.07) is 4.80. The van der Waals surface area contributed by atoms with E-state index in [1.807, 2.05) is 12.3 Å². The zero-order valence-corrected chi connectivity index (χ0v) is 10.6. The summed E-state index contributed by atoms with van der Waals surface area (Å²) in [6.45, 7) is 0.941. The summed E-state index contributed by atoms with van der Waals surface area (Å²) in [4.78, 5) is 7.53. The SMILES string of the molecule is c1cnc2[nH]cc(CNC3CCCSC3)c2c1. The second kappa shape index (κ2) is 5.10. The van der Waals surface area contributed by atoms with Crippen molar-refractivity contribution < 1.29 is 0 Å². The van der Waals surface area contributed by atoms with Gasteiger partial charge in [-0.3, -0.25) is 0 Å². The van der Waals surface area contributed by atoms with Gasteiger partial charge in [-0.2, -0.15) is 11.8 Å². The van der Waals surface area contributed by atoms with Crippen LogP contribution in [0.3, 0.4) is 0 Å². The first kappa shape index (κ1) is 11.1. The van der Waals surface area contributed by atoms with Gasteiger partial charge in [0, 0.05) is 36.1 Å². The molecular formula is C13H17N3S. The Morgan fingerprint density at radius 3 is 3.41 bits per heavy atom. The van der Waals surface area contributed by atoms with Crippen LogP contribution in [0.2, 0.25) is 0 Å². The third-order valence-corrected chi connectivity index (χ3v) is 4.49. The molecule has 0 aromatic carbocycles. The minimum Gasteiger partial charge on any atom is -0.346 e. The fraction of sp³-hybridized carbons (Fsp3) is 0.462. The summed E-state index contributed by atoms with van der Waals surface area (Å²) < 4.78 is 0. The normalized spacial score (nSPS) is 20.8. The van der Waals surface area contributed by atoms with Crippen molar-refractivity contribution in [1.82, 2.24) is 15.3 Å². The standard InChI is InChI=1S/C13H17N3S/c1-4-12-10(8-16-13(12)14-5-1)7-15-11-3-2-6-17-9-11/h1,4-5,8,11,15H,2-3,6-7,9H2,(H,14,16). The van der Waals surface area contributed by atoms with Crippen LogP contribution in [-0.4, -0.2) is 27.5 Å². The highest BCUT2D eigenvalue weighted by molar-refractivity contribution is 7.99. The quantitative estimate of drug-likeness (QED) is 0.875. The topological polar surface area (TPSA) is 40.7 Å². The molecule has 2 N–H and O–H groups in total. The van der Waals surface area contributed by atoms with Crippen LogP contribution in [0.4, 0.5) is 0 Å². The van der Waals surface area contributed by atoms with E-state index < -0.39 is 0 Å². The van der Waals surface area contributed by atoms with Gasteiger partial charge in [-0.25, -0.2) is 4.98 Å². The van der Waals surface area contributed by atoms with Crippen molar-refractivity contribution >= 4 is 22.8 Å². The van der Waals surface area contributed by atoms with Crippen molar-refractivity contribution in [2.45, 2.75) is 25.4 Å². The van der Waals surface area contributed by atoms with Gasteiger partial charge in [0.15, 0.2) is 0 Å². The molecule has 17 heavy (non-hydrogen) atoms. The lowest BCUT2D eigenvalue weighted by atomic mass is 10.1. The first-order chi connectivity index (χ1) is 8.43. The van der Waals surface area contributed by atoms with Gasteiger partial charge in [0.05, 0.1) is 0 Å². The summed E-state index contributed by atoms with van der Waals surface area (Å²) in [5.74, 6) is 2.58. The Hall–Kier alpha value is -1.00. The van der Waals surface area contributed by atoms with Crippen molar-refractivity contribution in [3.05, 3.63) is 30.1 Å². The van der Waals surface area contributed by atoms with E-state index in [4.69, 9.17) is 0 Å². The Morgan fingerprint density at radius 1 is 1.53 bits per heavy atom. The van der Waals surface area contributed by atoms with Crippen LogP contribution in [0.25, 0.3) is 11.0 Å². The molecule has 1 aliphatic heterocycles. The lowest BCUT2D eigenvalue weighted by Crippen LogP contribution is -2.33. The van der Waals surface area contributed by atoms with Crippen LogP contribution >= 0.6 is 11.8 Å². The predicted octanol–water partition coefficient (Wildman–Crippen LogP) is 2.55. The summed E-state index contributed by atoms with van der Waals surface area (Å²) in [7, 11) is 0. The molecule has 0 bridgehead atoms. The number of nitrogens with zero attached hydrogens (tertiary/aromatic N) is 1. The molecule has 0 spiro atoms. The molecule has 3 heterocycles. The second-order valence-corrected chi connectivity index (χ2v) is 5.66. The number of thioether (sulfide) groups is 1. The van der Waals surface area contributed by atoms with Gasteiger partial charge in [-0.15, -0.1) is 0 Å². The monoisotopic (exact) mass is 247 g/mol. The van der Waals surface area contributed by atoms with Crippen LogP contribution in [-0.2, 0) is 6.54 Å². The van der Waals surface area contributed by atoms with Crippen molar-refractivity contribution in [2.75, 3.05) is 11.5 Å². The van der Waals surface area contributed by atoms with Gasteiger partial charge in [-0.05, 0) is 36.3 Å². The molecule has 0 amide bonds. The maximum atomic E-state index is 4.31. The summed E-state index contributed by atoms with van der Waals surface area (Å²) in [6.07, 6.45) is 6.56. The van der Waals surface area contributed by atoms with Crippen molar-refractivity contribution in [2.24, 2.45) is 0 Å². The molecule has 0 aliphatic carbocycles. The molecule has 1 saturated heterocycles. The fourth-order valence-corrected chi connectivity index (χ4v) is 3.42. The minimum absolute atomic E-state index is 0.676. The molecule has 3 rings (SSSR count). The maximum absolute atomic E-state index is 4.31. The lowest BCUT2D eigenvalue weighted by Gasteiger charge is -2.22. The number of aromatic amines is 1. The zero-order chi connectivity index (χ0) is 11.5. The lowest BCUT2D eigenvalue weighted by molar-refractivity contribution is 0.509. The molecule has 0 saturated carbocycles. The fourth-order valence-electron chi connectivity index (χ4n) is 2.31. The average molecular weight is 247 g/mol. The molecule has 0 radical (unpaired) electrons. The van der Waals surface area contributed by atoms with Gasteiger partial charge in [0.2, 0.25) is 0 Å². The maximum Gasteiger partial charge on any atom is 0.137 e. The molecule has 2 aromatic heterocycles. The molecule has 90 valence electrons. The highest BCUT2D eigenvalue weighted by Gasteiger charge is 2.13. The van der Waals surface area contributed by atoms with Gasteiger partial charge in [-0.1, -0.05) is 0 Å². The second-order valence-electron chi connectivity index (χ2n) is 4.51. The number of aromatic nitrogens is 2. The molecule has 2 aromatic rings. The van der Waals surface area contributed by atoms with E-state index in [2.05, 4.69) is 39.3 Å². The average Bonchev–Trinajstić information content (AvgIpc) is 2.81. The predicted molar refractivity (Wildman–Crippen MR) is 73.3 cm³/mol. The highest BCUT2D eigenvalue weighted by atomic mass is 32.2. The first-order valence-corrected chi connectivity index (χ1v) is 7.31. The Morgan fingerprint density at radius 2 is 2.53 bits per heavy atom. The third-order valence-electron chi connectivity index (χ3n) is 3.28. The number of hydrogen-bond donors (Lipinski definition) is 2. The smallest absolute Gasteiger partial charge is 0.137 e. The first-order valence-electron chi connectivity index (χ1n) is 6.15. The Bertz CT molecular complexity index is 488. The molecule has 1 aliphatic rings. The molecule has 4 heteroatoms. The van der Waals surface area contributed by atoms with Gasteiger partial charge < -0.3 is 10.3 Å².